The fraction of sp³-hybridized carbons (Fsp3) is 0.529. The van der Waals surface area contributed by atoms with E-state index in [-0.39, 0.29) is 12.1 Å². The lowest BCUT2D eigenvalue weighted by molar-refractivity contribution is 0.234. The van der Waals surface area contributed by atoms with Gasteiger partial charge in [-0.3, -0.25) is 4.68 Å². The summed E-state index contributed by atoms with van der Waals surface area (Å²) in [7, 11) is 0. The van der Waals surface area contributed by atoms with Gasteiger partial charge in [-0.1, -0.05) is 6.92 Å². The summed E-state index contributed by atoms with van der Waals surface area (Å²) in [5.41, 5.74) is 2.16. The number of hydrogen-bond acceptors (Lipinski definition) is 3. The molecule has 0 fully saturated rings. The second-order valence-corrected chi connectivity index (χ2v) is 6.25. The summed E-state index contributed by atoms with van der Waals surface area (Å²) in [5.74, 6) is 1.18. The first-order valence-corrected chi connectivity index (χ1v) is 8.02. The van der Waals surface area contributed by atoms with Crippen LogP contribution in [0.5, 0.6) is 0 Å². The van der Waals surface area contributed by atoms with Crippen LogP contribution in [-0.4, -0.2) is 28.4 Å². The summed E-state index contributed by atoms with van der Waals surface area (Å²) in [6, 6.07) is 5.69. The van der Waals surface area contributed by atoms with Gasteiger partial charge in [0.2, 0.25) is 0 Å². The summed E-state index contributed by atoms with van der Waals surface area (Å²) >= 11 is 0. The number of carbonyl (C=O) groups is 1. The Balaban J connectivity index is 1.70. The number of hydrogen-bond donors (Lipinski definition) is 2. The molecule has 2 aromatic rings. The number of furan rings is 1. The van der Waals surface area contributed by atoms with Crippen molar-refractivity contribution in [2.75, 3.05) is 6.54 Å². The molecule has 0 aromatic carbocycles. The highest BCUT2D eigenvalue weighted by molar-refractivity contribution is 5.74. The minimum Gasteiger partial charge on any atom is -0.469 e. The lowest BCUT2D eigenvalue weighted by atomic mass is 10.2. The van der Waals surface area contributed by atoms with Crippen LogP contribution in [0.25, 0.3) is 0 Å². The highest BCUT2D eigenvalue weighted by Gasteiger charge is 2.12. The summed E-state index contributed by atoms with van der Waals surface area (Å²) in [6.45, 7) is 9.49. The predicted octanol–water partition coefficient (Wildman–Crippen LogP) is 2.66. The average Bonchev–Trinajstić information content (AvgIpc) is 3.07. The second kappa shape index (κ2) is 7.85. The standard InChI is InChI=1S/C17H26N4O2/c1-12(11-21-15(4)8-14(3)20-21)10-18-17(22)19-13(2)9-16-6-5-7-23-16/h5-8,12-13H,9-11H2,1-4H3,(H2,18,19,22)/t12-,13+/m1/s1. The second-order valence-electron chi connectivity index (χ2n) is 6.25. The monoisotopic (exact) mass is 318 g/mol. The molecule has 6 nitrogen and oxygen atoms in total. The Labute approximate surface area is 137 Å². The van der Waals surface area contributed by atoms with E-state index in [1.807, 2.05) is 37.6 Å². The number of carbonyl (C=O) groups excluding carboxylic acids is 1. The van der Waals surface area contributed by atoms with Crippen molar-refractivity contribution in [3.8, 4) is 0 Å². The van der Waals surface area contributed by atoms with E-state index in [2.05, 4.69) is 28.7 Å². The predicted molar refractivity (Wildman–Crippen MR) is 89.3 cm³/mol. The fourth-order valence-electron chi connectivity index (χ4n) is 2.54. The van der Waals surface area contributed by atoms with Gasteiger partial charge in [0.25, 0.3) is 0 Å². The Bertz CT molecular complexity index is 619. The smallest absolute Gasteiger partial charge is 0.315 e. The van der Waals surface area contributed by atoms with Gasteiger partial charge in [0, 0.05) is 31.2 Å². The quantitative estimate of drug-likeness (QED) is 0.824. The summed E-state index contributed by atoms with van der Waals surface area (Å²) < 4.78 is 7.27. The number of amides is 2. The van der Waals surface area contributed by atoms with Gasteiger partial charge >= 0.3 is 6.03 Å². The molecule has 126 valence electrons. The van der Waals surface area contributed by atoms with Crippen molar-refractivity contribution in [2.24, 2.45) is 5.92 Å². The fourth-order valence-corrected chi connectivity index (χ4v) is 2.54. The molecule has 0 bridgehead atoms. The van der Waals surface area contributed by atoms with Crippen LogP contribution >= 0.6 is 0 Å². The van der Waals surface area contributed by atoms with Crippen LogP contribution in [0.3, 0.4) is 0 Å². The van der Waals surface area contributed by atoms with Gasteiger partial charge in [0.15, 0.2) is 0 Å². The number of nitrogens with one attached hydrogen (secondary N) is 2. The Morgan fingerprint density at radius 3 is 2.78 bits per heavy atom. The van der Waals surface area contributed by atoms with E-state index in [0.717, 1.165) is 23.7 Å². The van der Waals surface area contributed by atoms with E-state index in [1.165, 1.54) is 0 Å². The zero-order valence-electron chi connectivity index (χ0n) is 14.3. The average molecular weight is 318 g/mol. The summed E-state index contributed by atoms with van der Waals surface area (Å²) in [6.07, 6.45) is 2.32. The molecular weight excluding hydrogens is 292 g/mol. The van der Waals surface area contributed by atoms with E-state index in [1.54, 1.807) is 6.26 Å². The van der Waals surface area contributed by atoms with Crippen LogP contribution in [0, 0.1) is 19.8 Å². The topological polar surface area (TPSA) is 72.1 Å². The molecule has 0 saturated carbocycles. The highest BCUT2D eigenvalue weighted by atomic mass is 16.3. The van der Waals surface area contributed by atoms with E-state index < -0.39 is 0 Å². The van der Waals surface area contributed by atoms with Gasteiger partial charge < -0.3 is 15.1 Å². The molecule has 23 heavy (non-hydrogen) atoms. The number of aromatic nitrogens is 2. The maximum absolute atomic E-state index is 11.9. The number of urea groups is 1. The van der Waals surface area contributed by atoms with Gasteiger partial charge in [-0.2, -0.15) is 5.10 Å². The molecule has 2 aromatic heterocycles. The molecule has 2 atom stereocenters. The molecule has 0 aliphatic heterocycles. The summed E-state index contributed by atoms with van der Waals surface area (Å²) in [4.78, 5) is 11.9. The Morgan fingerprint density at radius 2 is 2.17 bits per heavy atom. The van der Waals surface area contributed by atoms with Gasteiger partial charge in [-0.05, 0) is 44.9 Å². The van der Waals surface area contributed by atoms with Crippen molar-refractivity contribution in [1.82, 2.24) is 20.4 Å². The van der Waals surface area contributed by atoms with Crippen molar-refractivity contribution in [1.29, 1.82) is 0 Å². The number of nitrogens with zero attached hydrogens (tertiary/aromatic N) is 2. The maximum Gasteiger partial charge on any atom is 0.315 e. The van der Waals surface area contributed by atoms with Crippen molar-refractivity contribution in [3.05, 3.63) is 41.6 Å². The molecule has 0 unspecified atom stereocenters. The van der Waals surface area contributed by atoms with E-state index >= 15 is 0 Å². The summed E-state index contributed by atoms with van der Waals surface area (Å²) in [5, 5.41) is 10.3. The molecule has 0 radical (unpaired) electrons. The normalized spacial score (nSPS) is 13.6. The SMILES string of the molecule is Cc1cc(C)n(C[C@H](C)CNC(=O)N[C@@H](C)Cc2ccco2)n1. The minimum absolute atomic E-state index is 0.0208. The van der Waals surface area contributed by atoms with Gasteiger partial charge in [-0.15, -0.1) is 0 Å². The number of aryl methyl sites for hydroxylation is 2. The first-order chi connectivity index (χ1) is 10.9. The third-order valence-electron chi connectivity index (χ3n) is 3.66. The molecule has 0 saturated heterocycles. The molecule has 6 heteroatoms. The molecule has 2 amide bonds. The first-order valence-electron chi connectivity index (χ1n) is 8.02. The Kier molecular flexibility index (Phi) is 5.84. The van der Waals surface area contributed by atoms with Crippen molar-refractivity contribution >= 4 is 6.03 Å². The Morgan fingerprint density at radius 1 is 1.39 bits per heavy atom. The first kappa shape index (κ1) is 17.1. The lowest BCUT2D eigenvalue weighted by Gasteiger charge is -2.17. The van der Waals surface area contributed by atoms with Crippen molar-refractivity contribution < 1.29 is 9.21 Å². The van der Waals surface area contributed by atoms with Gasteiger partial charge in [0.05, 0.1) is 12.0 Å². The van der Waals surface area contributed by atoms with E-state index in [0.29, 0.717) is 18.9 Å². The molecular formula is C17H26N4O2. The molecule has 2 N–H and O–H groups in total. The third kappa shape index (κ3) is 5.47. The van der Waals surface area contributed by atoms with E-state index in [9.17, 15) is 4.79 Å². The zero-order chi connectivity index (χ0) is 16.8. The van der Waals surface area contributed by atoms with E-state index in [4.69, 9.17) is 4.42 Å². The molecule has 0 spiro atoms. The minimum atomic E-state index is -0.149. The van der Waals surface area contributed by atoms with Crippen LogP contribution in [0.15, 0.2) is 28.9 Å². The maximum atomic E-state index is 11.9. The van der Waals surface area contributed by atoms with Gasteiger partial charge in [-0.25, -0.2) is 4.79 Å². The van der Waals surface area contributed by atoms with Crippen molar-refractivity contribution in [3.63, 3.8) is 0 Å². The molecule has 0 aliphatic rings. The molecule has 0 aliphatic carbocycles. The molecule has 2 heterocycles. The highest BCUT2D eigenvalue weighted by Crippen LogP contribution is 2.06. The van der Waals surface area contributed by atoms with Crippen LogP contribution in [-0.2, 0) is 13.0 Å². The molecule has 2 rings (SSSR count). The van der Waals surface area contributed by atoms with Crippen molar-refractivity contribution in [2.45, 2.75) is 46.7 Å². The van der Waals surface area contributed by atoms with Gasteiger partial charge in [0.1, 0.15) is 5.76 Å². The largest absolute Gasteiger partial charge is 0.469 e. The zero-order valence-corrected chi connectivity index (χ0v) is 14.3. The van der Waals surface area contributed by atoms with Crippen LogP contribution < -0.4 is 10.6 Å². The third-order valence-corrected chi connectivity index (χ3v) is 3.66. The van der Waals surface area contributed by atoms with Crippen LogP contribution in [0.2, 0.25) is 0 Å². The Hall–Kier alpha value is -2.24. The number of rotatable bonds is 7. The van der Waals surface area contributed by atoms with Crippen LogP contribution in [0.1, 0.15) is 31.0 Å². The van der Waals surface area contributed by atoms with Crippen LogP contribution in [0.4, 0.5) is 4.79 Å². The lowest BCUT2D eigenvalue weighted by Crippen LogP contribution is -2.43.